The van der Waals surface area contributed by atoms with Crippen LogP contribution in [0.15, 0.2) is 29.3 Å². The van der Waals surface area contributed by atoms with Crippen LogP contribution in [0.2, 0.25) is 0 Å². The van der Waals surface area contributed by atoms with E-state index in [-0.39, 0.29) is 35.6 Å². The molecule has 166 valence electrons. The Bertz CT molecular complexity index is 616. The number of aliphatic imine (C=N–C) groups is 1. The molecule has 2 N–H and O–H groups in total. The number of nitrogens with one attached hydrogen (secondary N) is 2. The summed E-state index contributed by atoms with van der Waals surface area (Å²) in [6.07, 6.45) is 0. The summed E-state index contributed by atoms with van der Waals surface area (Å²) >= 11 is 0. The van der Waals surface area contributed by atoms with Crippen LogP contribution in [0.25, 0.3) is 0 Å². The van der Waals surface area contributed by atoms with E-state index in [0.717, 1.165) is 51.1 Å². The largest absolute Gasteiger partial charge is 0.497 e. The van der Waals surface area contributed by atoms with Crippen molar-refractivity contribution >= 4 is 29.9 Å². The predicted molar refractivity (Wildman–Crippen MR) is 131 cm³/mol. The van der Waals surface area contributed by atoms with Crippen LogP contribution in [0.3, 0.4) is 0 Å². The number of methoxy groups -OCH3 is 1. The van der Waals surface area contributed by atoms with Crippen LogP contribution in [0, 0.1) is 0 Å². The molecule has 1 aliphatic rings. The van der Waals surface area contributed by atoms with Gasteiger partial charge in [-0.3, -0.25) is 9.89 Å². The highest BCUT2D eigenvalue weighted by molar-refractivity contribution is 14.0. The molecular weight excluding hydrogens is 481 g/mol. The number of rotatable bonds is 8. The van der Waals surface area contributed by atoms with Crippen molar-refractivity contribution in [1.82, 2.24) is 20.4 Å². The molecule has 0 saturated carbocycles. The highest BCUT2D eigenvalue weighted by Crippen LogP contribution is 2.20. The molecule has 7 nitrogen and oxygen atoms in total. The third kappa shape index (κ3) is 7.92. The maximum atomic E-state index is 5.47. The number of ether oxygens (including phenoxy) is 2. The minimum Gasteiger partial charge on any atom is -0.497 e. The number of halogens is 1. The molecular formula is C21H38IN5O2. The van der Waals surface area contributed by atoms with Crippen molar-refractivity contribution in [1.29, 1.82) is 0 Å². The molecule has 1 aliphatic heterocycles. The lowest BCUT2D eigenvalue weighted by atomic mass is 10.0. The van der Waals surface area contributed by atoms with Crippen molar-refractivity contribution < 1.29 is 9.47 Å². The molecule has 8 heteroatoms. The lowest BCUT2D eigenvalue weighted by Gasteiger charge is -2.41. The lowest BCUT2D eigenvalue weighted by molar-refractivity contribution is -0.00834. The molecule has 1 heterocycles. The van der Waals surface area contributed by atoms with Crippen molar-refractivity contribution in [2.75, 3.05) is 67.6 Å². The molecule has 0 aliphatic carbocycles. The van der Waals surface area contributed by atoms with Gasteiger partial charge in [0.05, 0.1) is 26.4 Å². The predicted octanol–water partition coefficient (Wildman–Crippen LogP) is 2.19. The summed E-state index contributed by atoms with van der Waals surface area (Å²) < 4.78 is 10.7. The van der Waals surface area contributed by atoms with E-state index >= 15 is 0 Å². The second-order valence-corrected chi connectivity index (χ2v) is 7.97. The molecule has 0 bridgehead atoms. The zero-order valence-electron chi connectivity index (χ0n) is 18.7. The molecule has 29 heavy (non-hydrogen) atoms. The third-order valence-electron chi connectivity index (χ3n) is 5.37. The molecule has 1 atom stereocenters. The topological polar surface area (TPSA) is 61.4 Å². The van der Waals surface area contributed by atoms with Gasteiger partial charge in [0.2, 0.25) is 0 Å². The van der Waals surface area contributed by atoms with Gasteiger partial charge in [-0.05, 0) is 45.6 Å². The SMILES string of the molecule is CN=C(NCC(c1ccc(OC)cc1)N(C)C)NCC(C)(C)N1CCOCC1.I. The van der Waals surface area contributed by atoms with E-state index in [1.54, 1.807) is 7.11 Å². The molecule has 0 amide bonds. The second-order valence-electron chi connectivity index (χ2n) is 7.97. The van der Waals surface area contributed by atoms with Crippen LogP contribution < -0.4 is 15.4 Å². The van der Waals surface area contributed by atoms with E-state index in [4.69, 9.17) is 9.47 Å². The smallest absolute Gasteiger partial charge is 0.191 e. The van der Waals surface area contributed by atoms with Crippen molar-refractivity contribution in [2.24, 2.45) is 4.99 Å². The van der Waals surface area contributed by atoms with Gasteiger partial charge in [-0.1, -0.05) is 12.1 Å². The Morgan fingerprint density at radius 2 is 1.83 bits per heavy atom. The fraction of sp³-hybridized carbons (Fsp3) is 0.667. The summed E-state index contributed by atoms with van der Waals surface area (Å²) in [4.78, 5) is 9.08. The Morgan fingerprint density at radius 3 is 2.34 bits per heavy atom. The summed E-state index contributed by atoms with van der Waals surface area (Å²) in [7, 11) is 7.69. The van der Waals surface area contributed by atoms with Gasteiger partial charge in [0.1, 0.15) is 5.75 Å². The normalized spacial score (nSPS) is 16.9. The van der Waals surface area contributed by atoms with Crippen LogP contribution in [0.4, 0.5) is 0 Å². The number of guanidine groups is 1. The zero-order valence-corrected chi connectivity index (χ0v) is 21.0. The minimum atomic E-state index is 0. The van der Waals surface area contributed by atoms with Crippen molar-refractivity contribution in [3.05, 3.63) is 29.8 Å². The third-order valence-corrected chi connectivity index (χ3v) is 5.37. The fourth-order valence-corrected chi connectivity index (χ4v) is 3.42. The second kappa shape index (κ2) is 12.6. The first-order valence-electron chi connectivity index (χ1n) is 9.95. The number of likely N-dealkylation sites (N-methyl/N-ethyl adjacent to an activating group) is 1. The number of nitrogens with zero attached hydrogens (tertiary/aromatic N) is 3. The molecule has 1 saturated heterocycles. The highest BCUT2D eigenvalue weighted by Gasteiger charge is 2.28. The summed E-state index contributed by atoms with van der Waals surface area (Å²) in [5.74, 6) is 1.69. The van der Waals surface area contributed by atoms with Gasteiger partial charge in [-0.25, -0.2) is 0 Å². The highest BCUT2D eigenvalue weighted by atomic mass is 127. The fourth-order valence-electron chi connectivity index (χ4n) is 3.42. The Morgan fingerprint density at radius 1 is 1.21 bits per heavy atom. The molecule has 1 fully saturated rings. The van der Waals surface area contributed by atoms with Crippen molar-refractivity contribution in [3.8, 4) is 5.75 Å². The van der Waals surface area contributed by atoms with Gasteiger partial charge < -0.3 is 25.0 Å². The molecule has 1 aromatic carbocycles. The maximum absolute atomic E-state index is 5.47. The van der Waals surface area contributed by atoms with Gasteiger partial charge in [0, 0.05) is 38.8 Å². The van der Waals surface area contributed by atoms with Crippen molar-refractivity contribution in [2.45, 2.75) is 25.4 Å². The summed E-state index contributed by atoms with van der Waals surface area (Å²) in [6.45, 7) is 9.67. The number of hydrogen-bond donors (Lipinski definition) is 2. The Balaban J connectivity index is 0.00000420. The van der Waals surface area contributed by atoms with Gasteiger partial charge in [-0.2, -0.15) is 0 Å². The quantitative estimate of drug-likeness (QED) is 0.312. The van der Waals surface area contributed by atoms with E-state index < -0.39 is 0 Å². The van der Waals surface area contributed by atoms with Gasteiger partial charge >= 0.3 is 0 Å². The summed E-state index contributed by atoms with van der Waals surface area (Å²) in [6, 6.07) is 8.47. The Labute approximate surface area is 193 Å². The molecule has 0 aromatic heterocycles. The van der Waals surface area contributed by atoms with Crippen LogP contribution in [0.1, 0.15) is 25.5 Å². The first kappa shape index (κ1) is 25.9. The van der Waals surface area contributed by atoms with E-state index in [1.807, 2.05) is 19.2 Å². The number of morpholine rings is 1. The number of benzene rings is 1. The average molecular weight is 519 g/mol. The minimum absolute atomic E-state index is 0. The lowest BCUT2D eigenvalue weighted by Crippen LogP contribution is -2.56. The van der Waals surface area contributed by atoms with E-state index in [1.165, 1.54) is 5.56 Å². The van der Waals surface area contributed by atoms with Crippen LogP contribution in [-0.2, 0) is 4.74 Å². The monoisotopic (exact) mass is 519 g/mol. The molecule has 1 unspecified atom stereocenters. The molecule has 2 rings (SSSR count). The Kier molecular flexibility index (Phi) is 11.2. The molecule has 1 aromatic rings. The number of hydrogen-bond acceptors (Lipinski definition) is 5. The van der Waals surface area contributed by atoms with Gasteiger partial charge in [0.25, 0.3) is 0 Å². The average Bonchev–Trinajstić information content (AvgIpc) is 2.71. The molecule has 0 radical (unpaired) electrons. The first-order valence-corrected chi connectivity index (χ1v) is 9.95. The van der Waals surface area contributed by atoms with Crippen LogP contribution in [0.5, 0.6) is 5.75 Å². The van der Waals surface area contributed by atoms with E-state index in [2.05, 4.69) is 65.5 Å². The van der Waals surface area contributed by atoms with Gasteiger partial charge in [-0.15, -0.1) is 24.0 Å². The Hall–Kier alpha value is -1.10. The van der Waals surface area contributed by atoms with E-state index in [0.29, 0.717) is 0 Å². The zero-order chi connectivity index (χ0) is 20.6. The van der Waals surface area contributed by atoms with Gasteiger partial charge in [0.15, 0.2) is 5.96 Å². The van der Waals surface area contributed by atoms with Crippen LogP contribution in [-0.4, -0.2) is 88.9 Å². The maximum Gasteiger partial charge on any atom is 0.191 e. The summed E-state index contributed by atoms with van der Waals surface area (Å²) in [5, 5.41) is 6.97. The summed E-state index contributed by atoms with van der Waals surface area (Å²) in [5.41, 5.74) is 1.28. The van der Waals surface area contributed by atoms with E-state index in [9.17, 15) is 0 Å². The van der Waals surface area contributed by atoms with Crippen molar-refractivity contribution in [3.63, 3.8) is 0 Å². The first-order chi connectivity index (χ1) is 13.4. The standard InChI is InChI=1S/C21H37N5O2.HI/c1-21(2,26-11-13-28-14-12-26)16-24-20(22-3)23-15-19(25(4)5)17-7-9-18(27-6)10-8-17;/h7-10,19H,11-16H2,1-6H3,(H2,22,23,24);1H. The molecule has 0 spiro atoms. The van der Waals surface area contributed by atoms with Crippen LogP contribution >= 0.6 is 24.0 Å².